The third-order valence-electron chi connectivity index (χ3n) is 3.94. The second kappa shape index (κ2) is 9.98. The summed E-state index contributed by atoms with van der Waals surface area (Å²) in [5.41, 5.74) is 5.77. The number of nitrogens with one attached hydrogen (secondary N) is 1. The van der Waals surface area contributed by atoms with Crippen molar-refractivity contribution in [3.05, 3.63) is 84.4 Å². The minimum absolute atomic E-state index is 0.0798. The van der Waals surface area contributed by atoms with Crippen LogP contribution >= 0.6 is 0 Å². The number of allylic oxidation sites excluding steroid dienone is 1. The zero-order chi connectivity index (χ0) is 16.3. The van der Waals surface area contributed by atoms with Gasteiger partial charge in [-0.2, -0.15) is 5.48 Å². The molecule has 0 heterocycles. The maximum atomic E-state index is 6.10. The Morgan fingerprint density at radius 1 is 0.957 bits per heavy atom. The predicted molar refractivity (Wildman–Crippen MR) is 96.9 cm³/mol. The summed E-state index contributed by atoms with van der Waals surface area (Å²) in [6, 6.07) is 21.1. The second-order valence-corrected chi connectivity index (χ2v) is 5.75. The van der Waals surface area contributed by atoms with Gasteiger partial charge in [0, 0.05) is 0 Å². The molecule has 0 aromatic heterocycles. The summed E-state index contributed by atoms with van der Waals surface area (Å²) in [4.78, 5) is 6.10. The van der Waals surface area contributed by atoms with Gasteiger partial charge in [-0.1, -0.05) is 80.1 Å². The first-order valence-corrected chi connectivity index (χ1v) is 8.47. The minimum atomic E-state index is 0.0798. The highest BCUT2D eigenvalue weighted by molar-refractivity contribution is 5.19. The zero-order valence-electron chi connectivity index (χ0n) is 13.9. The van der Waals surface area contributed by atoms with Gasteiger partial charge in [-0.25, -0.2) is 0 Å². The lowest BCUT2D eigenvalue weighted by atomic mass is 10.0. The lowest BCUT2D eigenvalue weighted by Gasteiger charge is -2.23. The Labute approximate surface area is 140 Å². The predicted octanol–water partition coefficient (Wildman–Crippen LogP) is 5.76. The SMILES string of the molecule is C=CCC[C@H](NO[C@@H](CCC)c1ccccc1)c1ccccc1. The normalized spacial score (nSPS) is 13.4. The second-order valence-electron chi connectivity index (χ2n) is 5.75. The van der Waals surface area contributed by atoms with Gasteiger partial charge in [0.25, 0.3) is 0 Å². The molecule has 0 spiro atoms. The molecule has 2 rings (SSSR count). The van der Waals surface area contributed by atoms with E-state index in [0.717, 1.165) is 25.7 Å². The van der Waals surface area contributed by atoms with E-state index in [1.165, 1.54) is 11.1 Å². The van der Waals surface area contributed by atoms with Gasteiger partial charge in [-0.3, -0.25) is 4.84 Å². The molecule has 1 N–H and O–H groups in total. The molecule has 122 valence electrons. The van der Waals surface area contributed by atoms with Crippen LogP contribution in [-0.4, -0.2) is 0 Å². The molecule has 0 aliphatic heterocycles. The molecule has 0 saturated heterocycles. The highest BCUT2D eigenvalue weighted by Crippen LogP contribution is 2.25. The van der Waals surface area contributed by atoms with E-state index in [0.29, 0.717) is 0 Å². The molecule has 0 saturated carbocycles. The van der Waals surface area contributed by atoms with Crippen LogP contribution in [0.4, 0.5) is 0 Å². The standard InChI is InChI=1S/C21H27NO/c1-3-5-17-20(18-13-8-6-9-14-18)22-23-21(12-4-2)19-15-10-7-11-16-19/h3,6-11,13-16,20-22H,1,4-5,12,17H2,2H3/t20-,21-/m0/s1. The summed E-state index contributed by atoms with van der Waals surface area (Å²) in [7, 11) is 0. The Balaban J connectivity index is 2.04. The van der Waals surface area contributed by atoms with Gasteiger partial charge >= 0.3 is 0 Å². The summed E-state index contributed by atoms with van der Waals surface area (Å²) in [6.07, 6.45) is 6.06. The minimum Gasteiger partial charge on any atom is -0.293 e. The van der Waals surface area contributed by atoms with Crippen molar-refractivity contribution in [2.45, 2.75) is 44.8 Å². The third-order valence-corrected chi connectivity index (χ3v) is 3.94. The van der Waals surface area contributed by atoms with E-state index >= 15 is 0 Å². The molecular formula is C21H27NO. The molecule has 0 aliphatic carbocycles. The van der Waals surface area contributed by atoms with Crippen molar-refractivity contribution in [1.82, 2.24) is 5.48 Å². The van der Waals surface area contributed by atoms with Crippen molar-refractivity contribution in [2.24, 2.45) is 0 Å². The number of hydroxylamine groups is 1. The highest BCUT2D eigenvalue weighted by atomic mass is 16.7. The van der Waals surface area contributed by atoms with Crippen LogP contribution in [0.25, 0.3) is 0 Å². The van der Waals surface area contributed by atoms with E-state index in [1.807, 2.05) is 18.2 Å². The molecule has 0 radical (unpaired) electrons. The lowest BCUT2D eigenvalue weighted by molar-refractivity contribution is -0.0520. The maximum absolute atomic E-state index is 6.10. The fourth-order valence-electron chi connectivity index (χ4n) is 2.65. The van der Waals surface area contributed by atoms with Gasteiger partial charge in [-0.15, -0.1) is 6.58 Å². The van der Waals surface area contributed by atoms with Crippen LogP contribution in [0.1, 0.15) is 55.9 Å². The number of hydrogen-bond donors (Lipinski definition) is 1. The van der Waals surface area contributed by atoms with E-state index in [9.17, 15) is 0 Å². The number of hydrogen-bond acceptors (Lipinski definition) is 2. The van der Waals surface area contributed by atoms with Crippen LogP contribution in [0.15, 0.2) is 73.3 Å². The summed E-state index contributed by atoms with van der Waals surface area (Å²) < 4.78 is 0. The molecule has 2 aromatic rings. The van der Waals surface area contributed by atoms with Gasteiger partial charge in [0.15, 0.2) is 0 Å². The monoisotopic (exact) mass is 309 g/mol. The molecule has 0 fully saturated rings. The molecule has 0 bridgehead atoms. The summed E-state index contributed by atoms with van der Waals surface area (Å²) >= 11 is 0. The number of rotatable bonds is 10. The molecule has 23 heavy (non-hydrogen) atoms. The van der Waals surface area contributed by atoms with Crippen LogP contribution in [-0.2, 0) is 4.84 Å². The van der Waals surface area contributed by atoms with Gasteiger partial charge < -0.3 is 0 Å². The average molecular weight is 309 g/mol. The lowest BCUT2D eigenvalue weighted by Crippen LogP contribution is -2.24. The average Bonchev–Trinajstić information content (AvgIpc) is 2.62. The number of benzene rings is 2. The Hall–Kier alpha value is -1.90. The van der Waals surface area contributed by atoms with Gasteiger partial charge in [0.05, 0.1) is 6.04 Å². The van der Waals surface area contributed by atoms with E-state index in [4.69, 9.17) is 4.84 Å². The molecular weight excluding hydrogens is 282 g/mol. The molecule has 0 unspecified atom stereocenters. The van der Waals surface area contributed by atoms with Gasteiger partial charge in [-0.05, 0) is 30.4 Å². The first-order valence-electron chi connectivity index (χ1n) is 8.47. The molecule has 0 aliphatic rings. The van der Waals surface area contributed by atoms with Crippen LogP contribution in [0.3, 0.4) is 0 Å². The Bertz CT molecular complexity index is 553. The van der Waals surface area contributed by atoms with Crippen LogP contribution in [0.5, 0.6) is 0 Å². The maximum Gasteiger partial charge on any atom is 0.104 e. The Morgan fingerprint density at radius 3 is 2.13 bits per heavy atom. The van der Waals surface area contributed by atoms with Gasteiger partial charge in [0.2, 0.25) is 0 Å². The quantitative estimate of drug-likeness (QED) is 0.445. The largest absolute Gasteiger partial charge is 0.293 e. The molecule has 2 heteroatoms. The van der Waals surface area contributed by atoms with Crippen molar-refractivity contribution in [3.8, 4) is 0 Å². The zero-order valence-corrected chi connectivity index (χ0v) is 13.9. The highest BCUT2D eigenvalue weighted by Gasteiger charge is 2.15. The first-order chi connectivity index (χ1) is 11.3. The van der Waals surface area contributed by atoms with E-state index < -0.39 is 0 Å². The Morgan fingerprint density at radius 2 is 1.57 bits per heavy atom. The molecule has 2 aromatic carbocycles. The summed E-state index contributed by atoms with van der Waals surface area (Å²) in [5.74, 6) is 0. The molecule has 2 atom stereocenters. The smallest absolute Gasteiger partial charge is 0.104 e. The van der Waals surface area contributed by atoms with Crippen molar-refractivity contribution in [3.63, 3.8) is 0 Å². The van der Waals surface area contributed by atoms with E-state index in [1.54, 1.807) is 0 Å². The van der Waals surface area contributed by atoms with Gasteiger partial charge in [0.1, 0.15) is 6.10 Å². The van der Waals surface area contributed by atoms with Crippen molar-refractivity contribution < 1.29 is 4.84 Å². The van der Waals surface area contributed by atoms with Crippen molar-refractivity contribution >= 4 is 0 Å². The van der Waals surface area contributed by atoms with Crippen molar-refractivity contribution in [2.75, 3.05) is 0 Å². The molecule has 0 amide bonds. The van der Waals surface area contributed by atoms with E-state index in [2.05, 4.69) is 67.5 Å². The van der Waals surface area contributed by atoms with Crippen LogP contribution < -0.4 is 5.48 Å². The first kappa shape index (κ1) is 17.5. The van der Waals surface area contributed by atoms with Crippen LogP contribution in [0.2, 0.25) is 0 Å². The van der Waals surface area contributed by atoms with Crippen molar-refractivity contribution in [1.29, 1.82) is 0 Å². The Kier molecular flexibility index (Phi) is 7.58. The summed E-state index contributed by atoms with van der Waals surface area (Å²) in [6.45, 7) is 6.02. The fourth-order valence-corrected chi connectivity index (χ4v) is 2.65. The molecule has 2 nitrogen and oxygen atoms in total. The fraction of sp³-hybridized carbons (Fsp3) is 0.333. The summed E-state index contributed by atoms with van der Waals surface area (Å²) in [5, 5.41) is 0. The topological polar surface area (TPSA) is 21.3 Å². The third kappa shape index (κ3) is 5.66. The van der Waals surface area contributed by atoms with Crippen LogP contribution in [0, 0.1) is 0 Å². The van der Waals surface area contributed by atoms with E-state index in [-0.39, 0.29) is 12.1 Å².